The Labute approximate surface area is 227 Å². The number of fused-ring (bicyclic) bond motifs is 1. The number of carbonyl (C=O) groups excluding carboxylic acids is 1. The van der Waals surface area contributed by atoms with Gasteiger partial charge < -0.3 is 15.5 Å². The number of piperidine rings is 1. The third-order valence-electron chi connectivity index (χ3n) is 8.08. The van der Waals surface area contributed by atoms with E-state index in [0.29, 0.717) is 18.0 Å². The van der Waals surface area contributed by atoms with E-state index in [2.05, 4.69) is 44.7 Å². The first-order valence-corrected chi connectivity index (χ1v) is 13.4. The topological polar surface area (TPSA) is 70.2 Å². The highest BCUT2D eigenvalue weighted by Crippen LogP contribution is 2.40. The van der Waals surface area contributed by atoms with Gasteiger partial charge in [-0.1, -0.05) is 24.3 Å². The molecule has 0 aliphatic carbocycles. The molecule has 39 heavy (non-hydrogen) atoms. The number of amides is 1. The summed E-state index contributed by atoms with van der Waals surface area (Å²) < 4.78 is 41.6. The van der Waals surface area contributed by atoms with Crippen LogP contribution in [0.2, 0.25) is 0 Å². The first-order valence-electron chi connectivity index (χ1n) is 13.4. The number of halogens is 3. The number of nitrogens with zero attached hydrogens (tertiary/aromatic N) is 3. The minimum absolute atomic E-state index is 0.0564. The van der Waals surface area contributed by atoms with E-state index in [0.717, 1.165) is 54.5 Å². The Bertz CT molecular complexity index is 1390. The van der Waals surface area contributed by atoms with Gasteiger partial charge in [0.05, 0.1) is 16.7 Å². The van der Waals surface area contributed by atoms with Crippen molar-refractivity contribution >= 4 is 23.2 Å². The van der Waals surface area contributed by atoms with Crippen molar-refractivity contribution in [3.63, 3.8) is 0 Å². The summed E-state index contributed by atoms with van der Waals surface area (Å²) in [5.41, 5.74) is 3.74. The predicted octanol–water partition coefficient (Wildman–Crippen LogP) is 6.37. The van der Waals surface area contributed by atoms with Crippen LogP contribution in [0.4, 0.5) is 30.5 Å². The Morgan fingerprint density at radius 2 is 1.87 bits per heavy atom. The van der Waals surface area contributed by atoms with Gasteiger partial charge in [0.1, 0.15) is 0 Å². The highest BCUT2D eigenvalue weighted by atomic mass is 19.4. The van der Waals surface area contributed by atoms with E-state index in [4.69, 9.17) is 0 Å². The largest absolute Gasteiger partial charge is 0.419 e. The summed E-state index contributed by atoms with van der Waals surface area (Å²) in [5.74, 6) is 0.521. The molecule has 0 radical (unpaired) electrons. The van der Waals surface area contributed by atoms with Crippen LogP contribution in [-0.4, -0.2) is 40.9 Å². The van der Waals surface area contributed by atoms with E-state index in [1.807, 2.05) is 45.0 Å². The van der Waals surface area contributed by atoms with Gasteiger partial charge in [0, 0.05) is 17.6 Å². The van der Waals surface area contributed by atoms with Crippen LogP contribution in [0, 0.1) is 6.92 Å². The monoisotopic (exact) mass is 537 g/mol. The number of rotatable bonds is 6. The quantitative estimate of drug-likeness (QED) is 0.382. The van der Waals surface area contributed by atoms with Gasteiger partial charge >= 0.3 is 6.18 Å². The molecule has 0 saturated carbocycles. The maximum atomic E-state index is 13.9. The molecule has 0 atom stereocenters. The molecule has 2 aromatic carbocycles. The number of hydrogen-bond donors (Lipinski definition) is 2. The van der Waals surface area contributed by atoms with Crippen molar-refractivity contribution < 1.29 is 18.0 Å². The molecule has 206 valence electrons. The number of aromatic nitrogens is 2. The van der Waals surface area contributed by atoms with Crippen LogP contribution in [-0.2, 0) is 29.2 Å². The summed E-state index contributed by atoms with van der Waals surface area (Å²) in [7, 11) is 2.14. The first kappa shape index (κ1) is 27.1. The van der Waals surface area contributed by atoms with Crippen molar-refractivity contribution in [1.29, 1.82) is 0 Å². The molecule has 2 N–H and O–H groups in total. The Hall–Kier alpha value is -3.46. The summed E-state index contributed by atoms with van der Waals surface area (Å²) in [6, 6.07) is 11.7. The second kappa shape index (κ2) is 10.3. The number of benzene rings is 2. The first-order chi connectivity index (χ1) is 18.4. The number of hydrogen-bond acceptors (Lipinski definition) is 5. The van der Waals surface area contributed by atoms with E-state index in [1.54, 1.807) is 0 Å². The van der Waals surface area contributed by atoms with Crippen molar-refractivity contribution in [3.05, 3.63) is 76.1 Å². The molecule has 0 bridgehead atoms. The average molecular weight is 538 g/mol. The van der Waals surface area contributed by atoms with Crippen molar-refractivity contribution in [2.45, 2.75) is 64.0 Å². The fraction of sp³-hybridized carbons (Fsp3) is 0.433. The molecule has 1 aromatic heterocycles. The lowest BCUT2D eigenvalue weighted by Crippen LogP contribution is -2.29. The van der Waals surface area contributed by atoms with E-state index in [-0.39, 0.29) is 24.0 Å². The molecule has 0 spiro atoms. The number of alkyl halides is 3. The van der Waals surface area contributed by atoms with E-state index in [1.165, 1.54) is 5.56 Å². The SMILES string of the molecule is Cc1cc(C2CCN(C)CC2)ccc1Nc1ncc(C(F)(F)F)c(CCc2cccc3c2C(C)(C)C(=O)N3)n1. The molecule has 1 amide bonds. The third kappa shape index (κ3) is 5.50. The second-order valence-electron chi connectivity index (χ2n) is 11.2. The number of likely N-dealkylation sites (tertiary alicyclic amines) is 1. The lowest BCUT2D eigenvalue weighted by molar-refractivity contribution is -0.138. The van der Waals surface area contributed by atoms with Gasteiger partial charge in [-0.25, -0.2) is 9.97 Å². The van der Waals surface area contributed by atoms with Crippen molar-refractivity contribution in [2.75, 3.05) is 30.8 Å². The van der Waals surface area contributed by atoms with Crippen LogP contribution in [0.5, 0.6) is 0 Å². The van der Waals surface area contributed by atoms with Gasteiger partial charge in [-0.15, -0.1) is 0 Å². The third-order valence-corrected chi connectivity index (χ3v) is 8.08. The van der Waals surface area contributed by atoms with Gasteiger partial charge in [0.2, 0.25) is 11.9 Å². The van der Waals surface area contributed by atoms with Gasteiger partial charge in [-0.2, -0.15) is 13.2 Å². The van der Waals surface area contributed by atoms with Crippen LogP contribution in [0.3, 0.4) is 0 Å². The van der Waals surface area contributed by atoms with E-state index >= 15 is 0 Å². The normalized spacial score (nSPS) is 17.7. The minimum atomic E-state index is -4.57. The summed E-state index contributed by atoms with van der Waals surface area (Å²) in [6.45, 7) is 7.78. The maximum Gasteiger partial charge on any atom is 0.419 e. The molecule has 2 aliphatic heterocycles. The number of anilines is 3. The smallest absolute Gasteiger partial charge is 0.325 e. The Morgan fingerprint density at radius 1 is 1.13 bits per heavy atom. The van der Waals surface area contributed by atoms with Crippen molar-refractivity contribution in [2.24, 2.45) is 0 Å². The summed E-state index contributed by atoms with van der Waals surface area (Å²) in [4.78, 5) is 23.1. The zero-order valence-corrected chi connectivity index (χ0v) is 22.7. The maximum absolute atomic E-state index is 13.9. The molecule has 6 nitrogen and oxygen atoms in total. The summed E-state index contributed by atoms with van der Waals surface area (Å²) in [5, 5.41) is 6.01. The minimum Gasteiger partial charge on any atom is -0.325 e. The average Bonchev–Trinajstić information content (AvgIpc) is 3.12. The van der Waals surface area contributed by atoms with E-state index < -0.39 is 17.2 Å². The molecule has 2 aliphatic rings. The van der Waals surface area contributed by atoms with Crippen LogP contribution in [0.25, 0.3) is 0 Å². The van der Waals surface area contributed by atoms with Gasteiger partial charge in [-0.05, 0) is 107 Å². The molecule has 5 rings (SSSR count). The van der Waals surface area contributed by atoms with E-state index in [9.17, 15) is 18.0 Å². The molecular formula is C30H34F3N5O. The van der Waals surface area contributed by atoms with Crippen LogP contribution < -0.4 is 10.6 Å². The molecule has 9 heteroatoms. The lowest BCUT2D eigenvalue weighted by atomic mass is 9.82. The predicted molar refractivity (Wildman–Crippen MR) is 146 cm³/mol. The van der Waals surface area contributed by atoms with Gasteiger partial charge in [0.15, 0.2) is 0 Å². The van der Waals surface area contributed by atoms with Crippen LogP contribution in [0.1, 0.15) is 66.1 Å². The van der Waals surface area contributed by atoms with Crippen molar-refractivity contribution in [3.8, 4) is 0 Å². The standard InChI is InChI=1S/C30H34F3N5O/c1-18-16-21(19-12-14-38(4)15-13-19)9-10-23(18)36-28-34-17-22(30(31,32)33)24(37-28)11-8-20-6-5-7-25-26(20)29(2,3)27(39)35-25/h5-7,9-10,16-17,19H,8,11-15H2,1-4H3,(H,35,39)(H,34,36,37). The molecular weight excluding hydrogens is 503 g/mol. The fourth-order valence-corrected chi connectivity index (χ4v) is 5.74. The zero-order valence-electron chi connectivity index (χ0n) is 22.7. The Kier molecular flexibility index (Phi) is 7.13. The Balaban J connectivity index is 1.38. The fourth-order valence-electron chi connectivity index (χ4n) is 5.74. The van der Waals surface area contributed by atoms with Crippen molar-refractivity contribution in [1.82, 2.24) is 14.9 Å². The molecule has 1 fully saturated rings. The number of aryl methyl sites for hydroxylation is 3. The number of carbonyl (C=O) groups is 1. The Morgan fingerprint density at radius 3 is 2.56 bits per heavy atom. The zero-order chi connectivity index (χ0) is 27.9. The van der Waals surface area contributed by atoms with Crippen LogP contribution in [0.15, 0.2) is 42.6 Å². The molecule has 3 aromatic rings. The molecule has 1 saturated heterocycles. The lowest BCUT2D eigenvalue weighted by Gasteiger charge is -2.29. The van der Waals surface area contributed by atoms with Gasteiger partial charge in [-0.3, -0.25) is 4.79 Å². The molecule has 0 unspecified atom stereocenters. The highest BCUT2D eigenvalue weighted by Gasteiger charge is 2.40. The van der Waals surface area contributed by atoms with Gasteiger partial charge in [0.25, 0.3) is 0 Å². The molecule has 3 heterocycles. The second-order valence-corrected chi connectivity index (χ2v) is 11.2. The number of nitrogens with one attached hydrogen (secondary N) is 2. The highest BCUT2D eigenvalue weighted by molar-refractivity contribution is 6.06. The van der Waals surface area contributed by atoms with Crippen LogP contribution >= 0.6 is 0 Å². The summed E-state index contributed by atoms with van der Waals surface area (Å²) in [6.07, 6.45) is -1.13. The summed E-state index contributed by atoms with van der Waals surface area (Å²) >= 11 is 0.